The highest BCUT2D eigenvalue weighted by Gasteiger charge is 2.15. The van der Waals surface area contributed by atoms with Gasteiger partial charge in [0.05, 0.1) is 0 Å². The van der Waals surface area contributed by atoms with Crippen molar-refractivity contribution in [1.29, 1.82) is 0 Å². The molecule has 58 valence electrons. The van der Waals surface area contributed by atoms with Crippen LogP contribution in [0.25, 0.3) is 0 Å². The Balaban J connectivity index is 2.54. The minimum absolute atomic E-state index is 0.365. The standard InChI is InChI=1S/C8H15NO/c1-3-7-5-4-6(2)8(9)10-7/h7H,3-5,9H2,1-2H3. The molecule has 1 rings (SSSR count). The van der Waals surface area contributed by atoms with Gasteiger partial charge in [0.2, 0.25) is 0 Å². The van der Waals surface area contributed by atoms with Gasteiger partial charge in [0, 0.05) is 0 Å². The van der Waals surface area contributed by atoms with Crippen LogP contribution in [0, 0.1) is 0 Å². The summed E-state index contributed by atoms with van der Waals surface area (Å²) >= 11 is 0. The maximum Gasteiger partial charge on any atom is 0.183 e. The van der Waals surface area contributed by atoms with Crippen molar-refractivity contribution < 1.29 is 4.74 Å². The van der Waals surface area contributed by atoms with Crippen LogP contribution < -0.4 is 5.73 Å². The fourth-order valence-corrected chi connectivity index (χ4v) is 1.13. The molecule has 0 aliphatic carbocycles. The molecule has 0 radical (unpaired) electrons. The predicted molar refractivity (Wildman–Crippen MR) is 41.3 cm³/mol. The van der Waals surface area contributed by atoms with E-state index in [4.69, 9.17) is 10.5 Å². The van der Waals surface area contributed by atoms with Gasteiger partial charge in [-0.15, -0.1) is 0 Å². The van der Waals surface area contributed by atoms with Crippen LogP contribution in [0.4, 0.5) is 0 Å². The third-order valence-corrected chi connectivity index (χ3v) is 2.01. The van der Waals surface area contributed by atoms with Crippen molar-refractivity contribution in [2.24, 2.45) is 5.73 Å². The zero-order valence-corrected chi connectivity index (χ0v) is 6.68. The minimum Gasteiger partial charge on any atom is -0.476 e. The molecule has 1 aliphatic rings. The molecule has 0 saturated heterocycles. The third kappa shape index (κ3) is 1.43. The molecular formula is C8H15NO. The summed E-state index contributed by atoms with van der Waals surface area (Å²) in [6, 6.07) is 0. The summed E-state index contributed by atoms with van der Waals surface area (Å²) in [4.78, 5) is 0. The molecule has 0 aromatic carbocycles. The highest BCUT2D eigenvalue weighted by Crippen LogP contribution is 2.21. The van der Waals surface area contributed by atoms with Crippen LogP contribution in [-0.4, -0.2) is 6.10 Å². The van der Waals surface area contributed by atoms with Gasteiger partial charge in [-0.3, -0.25) is 0 Å². The minimum atomic E-state index is 0.365. The highest BCUT2D eigenvalue weighted by atomic mass is 16.5. The Morgan fingerprint density at radius 1 is 1.70 bits per heavy atom. The summed E-state index contributed by atoms with van der Waals surface area (Å²) in [5, 5.41) is 0. The Bertz CT molecular complexity index is 151. The van der Waals surface area contributed by atoms with Crippen LogP contribution in [0.5, 0.6) is 0 Å². The van der Waals surface area contributed by atoms with E-state index in [2.05, 4.69) is 6.92 Å². The molecule has 0 fully saturated rings. The molecule has 1 atom stereocenters. The second-order valence-electron chi connectivity index (χ2n) is 2.83. The maximum atomic E-state index is 5.60. The van der Waals surface area contributed by atoms with E-state index >= 15 is 0 Å². The fourth-order valence-electron chi connectivity index (χ4n) is 1.13. The van der Waals surface area contributed by atoms with Crippen molar-refractivity contribution in [2.75, 3.05) is 0 Å². The molecule has 1 unspecified atom stereocenters. The summed E-state index contributed by atoms with van der Waals surface area (Å²) in [5.74, 6) is 0.651. The van der Waals surface area contributed by atoms with Crippen molar-refractivity contribution in [3.05, 3.63) is 11.5 Å². The molecule has 1 heterocycles. The zero-order valence-electron chi connectivity index (χ0n) is 6.68. The van der Waals surface area contributed by atoms with Gasteiger partial charge in [-0.1, -0.05) is 6.92 Å². The second kappa shape index (κ2) is 2.95. The lowest BCUT2D eigenvalue weighted by molar-refractivity contribution is 0.0857. The van der Waals surface area contributed by atoms with Crippen molar-refractivity contribution in [1.82, 2.24) is 0 Å². The van der Waals surface area contributed by atoms with E-state index < -0.39 is 0 Å². The van der Waals surface area contributed by atoms with E-state index in [9.17, 15) is 0 Å². The van der Waals surface area contributed by atoms with Gasteiger partial charge in [-0.05, 0) is 31.8 Å². The number of allylic oxidation sites excluding steroid dienone is 1. The Morgan fingerprint density at radius 2 is 2.40 bits per heavy atom. The van der Waals surface area contributed by atoms with Crippen LogP contribution in [0.2, 0.25) is 0 Å². The first-order valence-corrected chi connectivity index (χ1v) is 3.86. The number of hydrogen-bond donors (Lipinski definition) is 1. The molecule has 0 aromatic rings. The smallest absolute Gasteiger partial charge is 0.183 e. The average molecular weight is 141 g/mol. The third-order valence-electron chi connectivity index (χ3n) is 2.01. The van der Waals surface area contributed by atoms with Crippen LogP contribution in [0.3, 0.4) is 0 Å². The molecule has 0 aromatic heterocycles. The van der Waals surface area contributed by atoms with Gasteiger partial charge in [-0.2, -0.15) is 0 Å². The van der Waals surface area contributed by atoms with Gasteiger partial charge in [0.15, 0.2) is 5.88 Å². The lowest BCUT2D eigenvalue weighted by atomic mass is 10.0. The predicted octanol–water partition coefficient (Wildman–Crippen LogP) is 1.77. The van der Waals surface area contributed by atoms with Crippen molar-refractivity contribution in [3.63, 3.8) is 0 Å². The van der Waals surface area contributed by atoms with Crippen LogP contribution in [0.15, 0.2) is 11.5 Å². The highest BCUT2D eigenvalue weighted by molar-refractivity contribution is 5.05. The van der Waals surface area contributed by atoms with E-state index in [1.807, 2.05) is 6.92 Å². The number of ether oxygens (including phenoxy) is 1. The number of nitrogens with two attached hydrogens (primary N) is 1. The zero-order chi connectivity index (χ0) is 7.56. The monoisotopic (exact) mass is 141 g/mol. The Labute approximate surface area is 62.1 Å². The summed E-state index contributed by atoms with van der Waals surface area (Å²) in [7, 11) is 0. The van der Waals surface area contributed by atoms with E-state index in [0.717, 1.165) is 19.3 Å². The van der Waals surface area contributed by atoms with Gasteiger partial charge < -0.3 is 10.5 Å². The largest absolute Gasteiger partial charge is 0.476 e. The van der Waals surface area contributed by atoms with Crippen LogP contribution >= 0.6 is 0 Å². The molecule has 2 N–H and O–H groups in total. The molecule has 2 nitrogen and oxygen atoms in total. The van der Waals surface area contributed by atoms with Crippen molar-refractivity contribution >= 4 is 0 Å². The topological polar surface area (TPSA) is 35.2 Å². The molecule has 0 saturated carbocycles. The molecule has 0 amide bonds. The quantitative estimate of drug-likeness (QED) is 0.604. The lowest BCUT2D eigenvalue weighted by Gasteiger charge is -2.23. The van der Waals surface area contributed by atoms with E-state index in [1.165, 1.54) is 5.57 Å². The first kappa shape index (κ1) is 7.45. The van der Waals surface area contributed by atoms with E-state index in [1.54, 1.807) is 0 Å². The lowest BCUT2D eigenvalue weighted by Crippen LogP contribution is -2.21. The normalized spacial score (nSPS) is 26.4. The average Bonchev–Trinajstić information content (AvgIpc) is 1.95. The molecule has 0 bridgehead atoms. The van der Waals surface area contributed by atoms with Gasteiger partial charge in [0.1, 0.15) is 6.10 Å². The van der Waals surface area contributed by atoms with Crippen LogP contribution in [-0.2, 0) is 4.74 Å². The molecule has 0 spiro atoms. The van der Waals surface area contributed by atoms with Crippen molar-refractivity contribution in [3.8, 4) is 0 Å². The fraction of sp³-hybridized carbons (Fsp3) is 0.750. The molecule has 10 heavy (non-hydrogen) atoms. The van der Waals surface area contributed by atoms with Crippen LogP contribution in [0.1, 0.15) is 33.1 Å². The van der Waals surface area contributed by atoms with Crippen molar-refractivity contribution in [2.45, 2.75) is 39.2 Å². The first-order valence-electron chi connectivity index (χ1n) is 3.86. The number of hydrogen-bond acceptors (Lipinski definition) is 2. The van der Waals surface area contributed by atoms with Gasteiger partial charge in [-0.25, -0.2) is 0 Å². The first-order chi connectivity index (χ1) is 4.74. The van der Waals surface area contributed by atoms with E-state index in [0.29, 0.717) is 12.0 Å². The summed E-state index contributed by atoms with van der Waals surface area (Å²) in [6.45, 7) is 4.15. The molecular weight excluding hydrogens is 126 g/mol. The number of rotatable bonds is 1. The Morgan fingerprint density at radius 3 is 2.90 bits per heavy atom. The van der Waals surface area contributed by atoms with Gasteiger partial charge >= 0.3 is 0 Å². The maximum absolute atomic E-state index is 5.60. The molecule has 2 heteroatoms. The Hall–Kier alpha value is -0.660. The molecule has 1 aliphatic heterocycles. The van der Waals surface area contributed by atoms with E-state index in [-0.39, 0.29) is 0 Å². The Kier molecular flexibility index (Phi) is 2.20. The van der Waals surface area contributed by atoms with Gasteiger partial charge in [0.25, 0.3) is 0 Å². The summed E-state index contributed by atoms with van der Waals surface area (Å²) in [5.41, 5.74) is 6.80. The SMILES string of the molecule is CCC1CCC(C)=C(N)O1. The summed E-state index contributed by atoms with van der Waals surface area (Å²) in [6.07, 6.45) is 3.66. The summed E-state index contributed by atoms with van der Waals surface area (Å²) < 4.78 is 5.41. The second-order valence-corrected chi connectivity index (χ2v) is 2.83.